The molecule has 0 bridgehead atoms. The van der Waals surface area contributed by atoms with Gasteiger partial charge in [-0.05, 0) is 53.6 Å². The van der Waals surface area contributed by atoms with Crippen molar-refractivity contribution in [2.75, 3.05) is 0 Å². The number of imidazole rings is 1. The Balaban J connectivity index is 1.43. The highest BCUT2D eigenvalue weighted by Gasteiger charge is 2.30. The van der Waals surface area contributed by atoms with E-state index in [1.165, 1.54) is 4.31 Å². The summed E-state index contributed by atoms with van der Waals surface area (Å²) in [5.41, 5.74) is 9.92. The minimum absolute atomic E-state index is 0.242. The molecule has 0 aliphatic carbocycles. The van der Waals surface area contributed by atoms with E-state index in [-0.39, 0.29) is 4.90 Å². The van der Waals surface area contributed by atoms with Gasteiger partial charge in [-0.15, -0.1) is 0 Å². The molecule has 1 aliphatic heterocycles. The number of benzene rings is 3. The average molecular weight is 418 g/mol. The van der Waals surface area contributed by atoms with Gasteiger partial charge in [0.1, 0.15) is 5.82 Å². The number of primary amides is 1. The highest BCUT2D eigenvalue weighted by Crippen LogP contribution is 2.29. The van der Waals surface area contributed by atoms with E-state index in [2.05, 4.69) is 9.97 Å². The van der Waals surface area contributed by atoms with E-state index >= 15 is 0 Å². The van der Waals surface area contributed by atoms with Gasteiger partial charge >= 0.3 is 0 Å². The molecule has 0 fully saturated rings. The van der Waals surface area contributed by atoms with Gasteiger partial charge in [0.15, 0.2) is 0 Å². The quantitative estimate of drug-likeness (QED) is 0.531. The summed E-state index contributed by atoms with van der Waals surface area (Å²) < 4.78 is 27.6. The summed E-state index contributed by atoms with van der Waals surface area (Å²) in [5, 5.41) is 0. The number of nitrogens with two attached hydrogens (primary N) is 1. The normalized spacial score (nSPS) is 14.1. The van der Waals surface area contributed by atoms with Crippen molar-refractivity contribution in [2.24, 2.45) is 5.73 Å². The molecule has 2 heterocycles. The first-order valence-corrected chi connectivity index (χ1v) is 10.8. The first-order chi connectivity index (χ1) is 14.4. The summed E-state index contributed by atoms with van der Waals surface area (Å²) >= 11 is 0. The van der Waals surface area contributed by atoms with E-state index in [0.717, 1.165) is 16.7 Å². The maximum absolute atomic E-state index is 13.1. The standard InChI is InChI=1S/C22H18N4O3S/c23-21(27)15-7-10-19-20(11-15)25-22(24-19)14-5-8-18(9-6-14)30(28,29)26-12-16-3-1-2-4-17(16)13-26/h1-11H,12-13H2,(H2,23,27)(H,24,25). The molecule has 4 aromatic rings. The summed E-state index contributed by atoms with van der Waals surface area (Å²) in [6.07, 6.45) is 0. The molecule has 5 rings (SSSR count). The zero-order chi connectivity index (χ0) is 20.9. The van der Waals surface area contributed by atoms with E-state index in [1.54, 1.807) is 42.5 Å². The largest absolute Gasteiger partial charge is 0.366 e. The van der Waals surface area contributed by atoms with E-state index in [1.807, 2.05) is 24.3 Å². The summed E-state index contributed by atoms with van der Waals surface area (Å²) in [6.45, 7) is 0.762. The Hall–Kier alpha value is -3.49. The Morgan fingerprint density at radius 3 is 2.27 bits per heavy atom. The van der Waals surface area contributed by atoms with Crippen LogP contribution in [0.15, 0.2) is 71.6 Å². The number of aromatic amines is 1. The number of nitrogens with zero attached hydrogens (tertiary/aromatic N) is 2. The highest BCUT2D eigenvalue weighted by molar-refractivity contribution is 7.89. The van der Waals surface area contributed by atoms with Crippen molar-refractivity contribution in [2.45, 2.75) is 18.0 Å². The molecule has 0 radical (unpaired) electrons. The van der Waals surface area contributed by atoms with Gasteiger partial charge in [-0.2, -0.15) is 4.31 Å². The maximum Gasteiger partial charge on any atom is 0.248 e. The molecular formula is C22H18N4O3S. The lowest BCUT2D eigenvalue weighted by molar-refractivity contribution is 0.100. The third kappa shape index (κ3) is 3.06. The molecule has 0 saturated carbocycles. The number of sulfonamides is 1. The van der Waals surface area contributed by atoms with Crippen molar-refractivity contribution in [1.82, 2.24) is 14.3 Å². The van der Waals surface area contributed by atoms with Crippen molar-refractivity contribution in [3.63, 3.8) is 0 Å². The fourth-order valence-electron chi connectivity index (χ4n) is 3.71. The molecule has 1 aromatic heterocycles. The van der Waals surface area contributed by atoms with Crippen LogP contribution in [0, 0.1) is 0 Å². The molecule has 1 amide bonds. The van der Waals surface area contributed by atoms with Crippen molar-refractivity contribution in [3.8, 4) is 11.4 Å². The Morgan fingerprint density at radius 2 is 1.63 bits per heavy atom. The first kappa shape index (κ1) is 18.5. The van der Waals surface area contributed by atoms with E-state index in [9.17, 15) is 13.2 Å². The van der Waals surface area contributed by atoms with Gasteiger partial charge in [0, 0.05) is 24.2 Å². The van der Waals surface area contributed by atoms with Crippen LogP contribution in [0.5, 0.6) is 0 Å². The van der Waals surface area contributed by atoms with Crippen LogP contribution in [0.1, 0.15) is 21.5 Å². The highest BCUT2D eigenvalue weighted by atomic mass is 32.2. The van der Waals surface area contributed by atoms with Crippen LogP contribution in [0.3, 0.4) is 0 Å². The molecule has 8 heteroatoms. The predicted octanol–water partition coefficient (Wildman–Crippen LogP) is 3.03. The Labute approximate surface area is 173 Å². The molecular weight excluding hydrogens is 400 g/mol. The fraction of sp³-hybridized carbons (Fsp3) is 0.0909. The Bertz CT molecular complexity index is 1370. The number of H-pyrrole nitrogens is 1. The zero-order valence-corrected chi connectivity index (χ0v) is 16.7. The summed E-state index contributed by atoms with van der Waals surface area (Å²) in [6, 6.07) is 19.4. The number of rotatable bonds is 4. The predicted molar refractivity (Wildman–Crippen MR) is 113 cm³/mol. The second-order valence-electron chi connectivity index (χ2n) is 7.25. The van der Waals surface area contributed by atoms with E-state index in [4.69, 9.17) is 5.73 Å². The first-order valence-electron chi connectivity index (χ1n) is 9.39. The second kappa shape index (κ2) is 6.79. The second-order valence-corrected chi connectivity index (χ2v) is 9.19. The van der Waals surface area contributed by atoms with Crippen LogP contribution >= 0.6 is 0 Å². The van der Waals surface area contributed by atoms with Gasteiger partial charge in [0.25, 0.3) is 0 Å². The molecule has 0 spiro atoms. The van der Waals surface area contributed by atoms with Crippen molar-refractivity contribution in [3.05, 3.63) is 83.4 Å². The number of amides is 1. The Morgan fingerprint density at radius 1 is 0.967 bits per heavy atom. The van der Waals surface area contributed by atoms with Crippen LogP contribution in [0.2, 0.25) is 0 Å². The lowest BCUT2D eigenvalue weighted by Gasteiger charge is -2.15. The number of carbonyl (C=O) groups excluding carboxylic acids is 1. The molecule has 3 N–H and O–H groups in total. The zero-order valence-electron chi connectivity index (χ0n) is 15.9. The number of hydrogen-bond donors (Lipinski definition) is 2. The smallest absolute Gasteiger partial charge is 0.248 e. The van der Waals surface area contributed by atoms with Crippen LogP contribution in [-0.4, -0.2) is 28.6 Å². The van der Waals surface area contributed by atoms with E-state index in [0.29, 0.717) is 35.5 Å². The number of aromatic nitrogens is 2. The van der Waals surface area contributed by atoms with Crippen molar-refractivity contribution in [1.29, 1.82) is 0 Å². The third-order valence-electron chi connectivity index (χ3n) is 5.34. The molecule has 3 aromatic carbocycles. The monoisotopic (exact) mass is 418 g/mol. The molecule has 0 saturated heterocycles. The molecule has 150 valence electrons. The van der Waals surface area contributed by atoms with Gasteiger partial charge in [0.05, 0.1) is 15.9 Å². The lowest BCUT2D eigenvalue weighted by atomic mass is 10.1. The molecule has 7 nitrogen and oxygen atoms in total. The summed E-state index contributed by atoms with van der Waals surface area (Å²) in [7, 11) is -3.59. The number of nitrogens with one attached hydrogen (secondary N) is 1. The number of hydrogen-bond acceptors (Lipinski definition) is 4. The number of fused-ring (bicyclic) bond motifs is 2. The van der Waals surface area contributed by atoms with Gasteiger partial charge in [0.2, 0.25) is 15.9 Å². The van der Waals surface area contributed by atoms with Crippen LogP contribution in [0.25, 0.3) is 22.4 Å². The van der Waals surface area contributed by atoms with Crippen LogP contribution in [-0.2, 0) is 23.1 Å². The SMILES string of the molecule is NC(=O)c1ccc2nc(-c3ccc(S(=O)(=O)N4Cc5ccccc5C4)cc3)[nH]c2c1. The van der Waals surface area contributed by atoms with Crippen molar-refractivity contribution >= 4 is 27.0 Å². The summed E-state index contributed by atoms with van der Waals surface area (Å²) in [4.78, 5) is 19.3. The van der Waals surface area contributed by atoms with Crippen LogP contribution < -0.4 is 5.73 Å². The number of carbonyl (C=O) groups is 1. The fourth-order valence-corrected chi connectivity index (χ4v) is 5.10. The molecule has 30 heavy (non-hydrogen) atoms. The van der Waals surface area contributed by atoms with Gasteiger partial charge in [-0.3, -0.25) is 4.79 Å². The van der Waals surface area contributed by atoms with Gasteiger partial charge in [-0.1, -0.05) is 24.3 Å². The van der Waals surface area contributed by atoms with Crippen molar-refractivity contribution < 1.29 is 13.2 Å². The van der Waals surface area contributed by atoms with Gasteiger partial charge in [-0.25, -0.2) is 13.4 Å². The average Bonchev–Trinajstić information content (AvgIpc) is 3.37. The van der Waals surface area contributed by atoms with E-state index < -0.39 is 15.9 Å². The summed E-state index contributed by atoms with van der Waals surface area (Å²) in [5.74, 6) is 0.0795. The maximum atomic E-state index is 13.1. The Kier molecular flexibility index (Phi) is 4.19. The topological polar surface area (TPSA) is 109 Å². The minimum atomic E-state index is -3.59. The lowest BCUT2D eigenvalue weighted by Crippen LogP contribution is -2.25. The third-order valence-corrected chi connectivity index (χ3v) is 7.15. The van der Waals surface area contributed by atoms with Gasteiger partial charge < -0.3 is 10.7 Å². The molecule has 0 unspecified atom stereocenters. The molecule has 1 aliphatic rings. The molecule has 0 atom stereocenters. The van der Waals surface area contributed by atoms with Crippen LogP contribution in [0.4, 0.5) is 0 Å². The minimum Gasteiger partial charge on any atom is -0.366 e.